The van der Waals surface area contributed by atoms with E-state index in [1.54, 1.807) is 0 Å². The van der Waals surface area contributed by atoms with Gasteiger partial charge in [-0.2, -0.15) is 0 Å². The van der Waals surface area contributed by atoms with E-state index in [2.05, 4.69) is 62.3 Å². The molecule has 2 heteroatoms. The zero-order valence-corrected chi connectivity index (χ0v) is 22.1. The summed E-state index contributed by atoms with van der Waals surface area (Å²) in [6.07, 6.45) is 11.9. The van der Waals surface area contributed by atoms with Gasteiger partial charge in [0, 0.05) is 0 Å². The van der Waals surface area contributed by atoms with Gasteiger partial charge in [0.1, 0.15) is 0 Å². The minimum atomic E-state index is -0.354. The second kappa shape index (κ2) is 11.7. The van der Waals surface area contributed by atoms with Crippen molar-refractivity contribution in [1.82, 2.24) is 0 Å². The SMILES string of the molecule is CCCC(O)C(CC)C(C)(C)C(O)CCC1(C)CCC(C)(C)CC1C(CC)CCC. The summed E-state index contributed by atoms with van der Waals surface area (Å²) in [5.41, 5.74) is 0.518. The standard InChI is InChI=1S/C28H56O2/c1-10-14-21(12-3)23-20-26(5,6)18-19-28(23,9)17-16-25(30)27(7,8)22(13-4)24(29)15-11-2/h21-25,29-30H,10-20H2,1-9H3. The Bertz CT molecular complexity index is 483. The first-order valence-corrected chi connectivity index (χ1v) is 13.2. The molecule has 0 aromatic heterocycles. The maximum Gasteiger partial charge on any atom is 0.0595 e. The lowest BCUT2D eigenvalue weighted by Crippen LogP contribution is -2.45. The number of rotatable bonds is 13. The predicted octanol–water partition coefficient (Wildman–Crippen LogP) is 8.00. The van der Waals surface area contributed by atoms with E-state index >= 15 is 0 Å². The van der Waals surface area contributed by atoms with Crippen molar-refractivity contribution in [2.24, 2.45) is 34.0 Å². The summed E-state index contributed by atoms with van der Waals surface area (Å²) in [5, 5.41) is 22.0. The molecule has 6 unspecified atom stereocenters. The minimum Gasteiger partial charge on any atom is -0.393 e. The number of hydrogen-bond donors (Lipinski definition) is 2. The average molecular weight is 425 g/mol. The maximum atomic E-state index is 11.3. The molecule has 0 aromatic carbocycles. The molecule has 2 N–H and O–H groups in total. The minimum absolute atomic E-state index is 0.157. The smallest absolute Gasteiger partial charge is 0.0595 e. The Morgan fingerprint density at radius 3 is 1.97 bits per heavy atom. The monoisotopic (exact) mass is 424 g/mol. The zero-order chi connectivity index (χ0) is 23.2. The molecule has 0 saturated heterocycles. The molecule has 180 valence electrons. The largest absolute Gasteiger partial charge is 0.393 e. The molecule has 6 atom stereocenters. The number of hydrogen-bond acceptors (Lipinski definition) is 2. The van der Waals surface area contributed by atoms with Crippen LogP contribution in [0.5, 0.6) is 0 Å². The van der Waals surface area contributed by atoms with E-state index < -0.39 is 0 Å². The van der Waals surface area contributed by atoms with Crippen LogP contribution < -0.4 is 0 Å². The third-order valence-electron chi connectivity index (χ3n) is 9.09. The lowest BCUT2D eigenvalue weighted by atomic mass is 9.54. The molecule has 0 aliphatic heterocycles. The molecular weight excluding hydrogens is 368 g/mol. The first-order chi connectivity index (χ1) is 13.9. The summed E-state index contributed by atoms with van der Waals surface area (Å²) >= 11 is 0. The van der Waals surface area contributed by atoms with E-state index in [4.69, 9.17) is 0 Å². The van der Waals surface area contributed by atoms with Crippen LogP contribution in [-0.4, -0.2) is 22.4 Å². The molecular formula is C28H56O2. The van der Waals surface area contributed by atoms with Crippen LogP contribution in [0.15, 0.2) is 0 Å². The molecule has 1 rings (SSSR count). The summed E-state index contributed by atoms with van der Waals surface area (Å²) in [7, 11) is 0. The Hall–Kier alpha value is -0.0800. The van der Waals surface area contributed by atoms with Crippen LogP contribution in [0.4, 0.5) is 0 Å². The molecule has 1 saturated carbocycles. The molecule has 30 heavy (non-hydrogen) atoms. The van der Waals surface area contributed by atoms with Crippen LogP contribution in [0.2, 0.25) is 0 Å². The molecule has 1 aliphatic carbocycles. The number of aliphatic hydroxyl groups is 2. The summed E-state index contributed by atoms with van der Waals surface area (Å²) in [4.78, 5) is 0. The highest BCUT2D eigenvalue weighted by Crippen LogP contribution is 2.55. The molecule has 0 bridgehead atoms. The van der Waals surface area contributed by atoms with Crippen molar-refractivity contribution in [3.05, 3.63) is 0 Å². The van der Waals surface area contributed by atoms with Crippen molar-refractivity contribution in [1.29, 1.82) is 0 Å². The van der Waals surface area contributed by atoms with E-state index in [0.29, 0.717) is 10.8 Å². The molecule has 0 spiro atoms. The van der Waals surface area contributed by atoms with Gasteiger partial charge in [0.25, 0.3) is 0 Å². The summed E-state index contributed by atoms with van der Waals surface area (Å²) < 4.78 is 0. The Balaban J connectivity index is 2.96. The van der Waals surface area contributed by atoms with Gasteiger partial charge in [-0.05, 0) is 72.5 Å². The first kappa shape index (κ1) is 28.0. The van der Waals surface area contributed by atoms with Crippen molar-refractivity contribution in [3.8, 4) is 0 Å². The Morgan fingerprint density at radius 2 is 1.47 bits per heavy atom. The van der Waals surface area contributed by atoms with Gasteiger partial charge in [0.15, 0.2) is 0 Å². The van der Waals surface area contributed by atoms with Crippen molar-refractivity contribution in [2.75, 3.05) is 0 Å². The van der Waals surface area contributed by atoms with Crippen LogP contribution in [0, 0.1) is 34.0 Å². The predicted molar refractivity (Wildman–Crippen MR) is 132 cm³/mol. The zero-order valence-electron chi connectivity index (χ0n) is 22.1. The van der Waals surface area contributed by atoms with Crippen LogP contribution in [0.3, 0.4) is 0 Å². The lowest BCUT2D eigenvalue weighted by Gasteiger charge is -2.52. The lowest BCUT2D eigenvalue weighted by molar-refractivity contribution is -0.0684. The van der Waals surface area contributed by atoms with E-state index in [9.17, 15) is 10.2 Å². The van der Waals surface area contributed by atoms with E-state index in [1.165, 1.54) is 38.5 Å². The van der Waals surface area contributed by atoms with Gasteiger partial charge in [-0.25, -0.2) is 0 Å². The molecule has 0 radical (unpaired) electrons. The van der Waals surface area contributed by atoms with Crippen molar-refractivity contribution < 1.29 is 10.2 Å². The third-order valence-corrected chi connectivity index (χ3v) is 9.09. The van der Waals surface area contributed by atoms with Gasteiger partial charge in [0.05, 0.1) is 12.2 Å². The van der Waals surface area contributed by atoms with Crippen LogP contribution in [0.25, 0.3) is 0 Å². The van der Waals surface area contributed by atoms with Crippen molar-refractivity contribution in [2.45, 2.75) is 145 Å². The van der Waals surface area contributed by atoms with Crippen molar-refractivity contribution >= 4 is 0 Å². The van der Waals surface area contributed by atoms with Gasteiger partial charge >= 0.3 is 0 Å². The van der Waals surface area contributed by atoms with Gasteiger partial charge in [-0.3, -0.25) is 0 Å². The second-order valence-corrected chi connectivity index (χ2v) is 12.3. The highest BCUT2D eigenvalue weighted by atomic mass is 16.3. The fraction of sp³-hybridized carbons (Fsp3) is 1.00. The highest BCUT2D eigenvalue weighted by molar-refractivity contribution is 4.97. The fourth-order valence-corrected chi connectivity index (χ4v) is 6.74. The van der Waals surface area contributed by atoms with Gasteiger partial charge in [0.2, 0.25) is 0 Å². The molecule has 2 nitrogen and oxygen atoms in total. The quantitative estimate of drug-likeness (QED) is 0.314. The normalized spacial score (nSPS) is 28.7. The molecule has 0 heterocycles. The van der Waals surface area contributed by atoms with Crippen molar-refractivity contribution in [3.63, 3.8) is 0 Å². The van der Waals surface area contributed by atoms with E-state index in [0.717, 1.165) is 43.9 Å². The Morgan fingerprint density at radius 1 is 0.867 bits per heavy atom. The molecule has 0 aromatic rings. The second-order valence-electron chi connectivity index (χ2n) is 12.3. The van der Waals surface area contributed by atoms with Crippen LogP contribution in [-0.2, 0) is 0 Å². The van der Waals surface area contributed by atoms with Gasteiger partial charge in [-0.1, -0.05) is 94.4 Å². The Labute approximate surface area is 189 Å². The van der Waals surface area contributed by atoms with Crippen LogP contribution >= 0.6 is 0 Å². The summed E-state index contributed by atoms with van der Waals surface area (Å²) in [6.45, 7) is 20.8. The topological polar surface area (TPSA) is 40.5 Å². The summed E-state index contributed by atoms with van der Waals surface area (Å²) in [6, 6.07) is 0. The average Bonchev–Trinajstić information content (AvgIpc) is 2.67. The van der Waals surface area contributed by atoms with E-state index in [-0.39, 0.29) is 23.5 Å². The van der Waals surface area contributed by atoms with E-state index in [1.807, 2.05) is 0 Å². The maximum absolute atomic E-state index is 11.3. The van der Waals surface area contributed by atoms with Gasteiger partial charge < -0.3 is 10.2 Å². The Kier molecular flexibility index (Phi) is 10.9. The highest BCUT2D eigenvalue weighted by Gasteiger charge is 2.46. The molecule has 1 fully saturated rings. The van der Waals surface area contributed by atoms with Gasteiger partial charge in [-0.15, -0.1) is 0 Å². The molecule has 1 aliphatic rings. The fourth-order valence-electron chi connectivity index (χ4n) is 6.74. The summed E-state index contributed by atoms with van der Waals surface area (Å²) in [5.74, 6) is 1.72. The first-order valence-electron chi connectivity index (χ1n) is 13.2. The van der Waals surface area contributed by atoms with Crippen LogP contribution in [0.1, 0.15) is 133 Å². The third kappa shape index (κ3) is 6.96. The number of aliphatic hydroxyl groups excluding tert-OH is 2. The molecule has 0 amide bonds.